The lowest BCUT2D eigenvalue weighted by Crippen LogP contribution is -2.71. The number of nitrogens with one attached hydrogen (secondary N) is 1. The Morgan fingerprint density at radius 2 is 2.03 bits per heavy atom. The number of nitrogens with zero attached hydrogens (tertiary/aromatic N) is 3. The van der Waals surface area contributed by atoms with Gasteiger partial charge in [-0.25, -0.2) is 9.78 Å². The summed E-state index contributed by atoms with van der Waals surface area (Å²) < 4.78 is 15.8. The summed E-state index contributed by atoms with van der Waals surface area (Å²) in [5.74, 6) is -2.25. The topological polar surface area (TPSA) is 172 Å². The van der Waals surface area contributed by atoms with Crippen molar-refractivity contribution in [3.63, 3.8) is 0 Å². The van der Waals surface area contributed by atoms with E-state index in [2.05, 4.69) is 15.5 Å². The molecule has 3 heterocycles. The summed E-state index contributed by atoms with van der Waals surface area (Å²) in [5, 5.41) is 7.71. The average molecular weight is 570 g/mol. The molecule has 0 spiro atoms. The number of thioether (sulfide) groups is 1. The normalized spacial score (nSPS) is 20.3. The van der Waals surface area contributed by atoms with Crippen LogP contribution in [0, 0.1) is 5.41 Å². The molecule has 3 rings (SSSR count). The second-order valence-electron chi connectivity index (χ2n) is 9.30. The minimum atomic E-state index is -1.19. The highest BCUT2D eigenvalue weighted by Gasteiger charge is 2.55. The van der Waals surface area contributed by atoms with E-state index in [4.69, 9.17) is 24.8 Å². The van der Waals surface area contributed by atoms with Crippen LogP contribution >= 0.6 is 23.1 Å². The minimum Gasteiger partial charge on any atom is -0.425 e. The van der Waals surface area contributed by atoms with Gasteiger partial charge in [-0.05, 0) is 33.3 Å². The third-order valence-electron chi connectivity index (χ3n) is 5.27. The molecule has 0 aromatic carbocycles. The molecule has 0 bridgehead atoms. The van der Waals surface area contributed by atoms with Crippen LogP contribution in [0.3, 0.4) is 0 Å². The molecule has 2 amide bonds. The first-order chi connectivity index (χ1) is 17.9. The molecule has 2 aliphatic rings. The number of carbonyl (C=O) groups excluding carboxylic acids is 4. The number of hydrogen-bond acceptors (Lipinski definition) is 13. The number of aromatic nitrogens is 1. The third-order valence-corrected chi connectivity index (χ3v) is 7.28. The van der Waals surface area contributed by atoms with Gasteiger partial charge in [0, 0.05) is 25.2 Å². The molecule has 2 aliphatic heterocycles. The van der Waals surface area contributed by atoms with Crippen molar-refractivity contribution in [1.29, 1.82) is 0 Å². The average Bonchev–Trinajstić information content (AvgIpc) is 3.27. The first kappa shape index (κ1) is 29.4. The third kappa shape index (κ3) is 6.45. The van der Waals surface area contributed by atoms with Gasteiger partial charge in [0.15, 0.2) is 10.8 Å². The van der Waals surface area contributed by atoms with Crippen LogP contribution in [0.5, 0.6) is 0 Å². The summed E-state index contributed by atoms with van der Waals surface area (Å²) in [6.07, 6.45) is -1.19. The fraction of sp³-hybridized carbons (Fsp3) is 0.565. The molecule has 1 aromatic rings. The molecule has 3 atom stereocenters. The lowest BCUT2D eigenvalue weighted by molar-refractivity contribution is -0.190. The zero-order chi connectivity index (χ0) is 28.2. The number of amides is 2. The Morgan fingerprint density at radius 3 is 2.61 bits per heavy atom. The summed E-state index contributed by atoms with van der Waals surface area (Å²) in [6.45, 7) is 8.44. The zero-order valence-corrected chi connectivity index (χ0v) is 23.6. The fourth-order valence-electron chi connectivity index (χ4n) is 3.45. The van der Waals surface area contributed by atoms with Crippen LogP contribution < -0.4 is 11.1 Å². The first-order valence-electron chi connectivity index (χ1n) is 11.7. The fourth-order valence-corrected chi connectivity index (χ4v) is 5.33. The van der Waals surface area contributed by atoms with Gasteiger partial charge in [0.1, 0.15) is 29.4 Å². The zero-order valence-electron chi connectivity index (χ0n) is 21.9. The monoisotopic (exact) mass is 569 g/mol. The maximum absolute atomic E-state index is 13.2. The Morgan fingerprint density at radius 1 is 1.32 bits per heavy atom. The second kappa shape index (κ2) is 12.1. The molecule has 1 fully saturated rings. The number of carbonyl (C=O) groups is 4. The molecule has 13 nitrogen and oxygen atoms in total. The van der Waals surface area contributed by atoms with E-state index in [-0.39, 0.29) is 35.4 Å². The number of ether oxygens (including phenoxy) is 3. The number of fused-ring (bicyclic) bond motifs is 1. The van der Waals surface area contributed by atoms with E-state index in [1.54, 1.807) is 33.1 Å². The lowest BCUT2D eigenvalue weighted by atomic mass is 9.97. The molecular formula is C23H31N5O8S2. The number of β-lactam (4-membered cyclic amide) rings is 1. The number of nitrogens with two attached hydrogens (primary N) is 1. The van der Waals surface area contributed by atoms with Gasteiger partial charge in [-0.3, -0.25) is 19.3 Å². The van der Waals surface area contributed by atoms with E-state index in [0.29, 0.717) is 11.3 Å². The molecule has 1 saturated heterocycles. The number of esters is 2. The van der Waals surface area contributed by atoms with Gasteiger partial charge in [-0.2, -0.15) is 0 Å². The van der Waals surface area contributed by atoms with Crippen molar-refractivity contribution in [2.75, 3.05) is 31.8 Å². The van der Waals surface area contributed by atoms with Gasteiger partial charge in [0.25, 0.3) is 11.8 Å². The van der Waals surface area contributed by atoms with Crippen LogP contribution in [0.4, 0.5) is 5.13 Å². The maximum atomic E-state index is 13.2. The van der Waals surface area contributed by atoms with Crippen molar-refractivity contribution >= 4 is 57.7 Å². The Balaban J connectivity index is 1.77. The van der Waals surface area contributed by atoms with Crippen LogP contribution in [0.1, 0.15) is 40.3 Å². The predicted molar refractivity (Wildman–Crippen MR) is 140 cm³/mol. The van der Waals surface area contributed by atoms with E-state index >= 15 is 0 Å². The van der Waals surface area contributed by atoms with Gasteiger partial charge in [0.05, 0.1) is 12.0 Å². The number of hydrogen-bond donors (Lipinski definition) is 2. The first-order valence-corrected chi connectivity index (χ1v) is 13.6. The highest BCUT2D eigenvalue weighted by Crippen LogP contribution is 2.41. The van der Waals surface area contributed by atoms with Crippen molar-refractivity contribution in [2.24, 2.45) is 10.6 Å². The van der Waals surface area contributed by atoms with E-state index in [1.165, 1.54) is 30.7 Å². The molecule has 3 N–H and O–H groups in total. The number of methoxy groups -OCH3 is 1. The number of nitrogen functional groups attached to an aromatic ring is 1. The largest absolute Gasteiger partial charge is 0.425 e. The van der Waals surface area contributed by atoms with Crippen LogP contribution in [0.2, 0.25) is 0 Å². The van der Waals surface area contributed by atoms with E-state index in [9.17, 15) is 19.2 Å². The summed E-state index contributed by atoms with van der Waals surface area (Å²) in [6, 6.07) is -0.946. The highest BCUT2D eigenvalue weighted by atomic mass is 32.2. The number of rotatable bonds is 10. The number of anilines is 1. The van der Waals surface area contributed by atoms with E-state index in [1.807, 2.05) is 0 Å². The Labute approximate surface area is 228 Å². The van der Waals surface area contributed by atoms with Crippen LogP contribution in [-0.2, 0) is 38.2 Å². The van der Waals surface area contributed by atoms with Crippen molar-refractivity contribution in [1.82, 2.24) is 15.2 Å². The summed E-state index contributed by atoms with van der Waals surface area (Å²) in [4.78, 5) is 61.9. The Hall–Kier alpha value is -3.17. The van der Waals surface area contributed by atoms with E-state index < -0.39 is 46.9 Å². The van der Waals surface area contributed by atoms with Gasteiger partial charge >= 0.3 is 11.9 Å². The van der Waals surface area contributed by atoms with Crippen LogP contribution in [-0.4, -0.2) is 83.1 Å². The molecule has 0 radical (unpaired) electrons. The van der Waals surface area contributed by atoms with Crippen molar-refractivity contribution in [3.8, 4) is 0 Å². The number of thiazole rings is 1. The molecule has 15 heteroatoms. The minimum absolute atomic E-state index is 0.000221. The smallest absolute Gasteiger partial charge is 0.358 e. The van der Waals surface area contributed by atoms with Gasteiger partial charge in [-0.1, -0.05) is 5.16 Å². The van der Waals surface area contributed by atoms with Crippen LogP contribution in [0.15, 0.2) is 21.8 Å². The van der Waals surface area contributed by atoms with Crippen molar-refractivity contribution in [2.45, 2.75) is 52.3 Å². The molecule has 208 valence electrons. The molecule has 0 aliphatic carbocycles. The van der Waals surface area contributed by atoms with Gasteiger partial charge in [-0.15, -0.1) is 23.1 Å². The summed E-state index contributed by atoms with van der Waals surface area (Å²) >= 11 is 2.48. The highest BCUT2D eigenvalue weighted by molar-refractivity contribution is 8.00. The quantitative estimate of drug-likeness (QED) is 0.137. The second-order valence-corrected chi connectivity index (χ2v) is 11.3. The van der Waals surface area contributed by atoms with Gasteiger partial charge in [0.2, 0.25) is 6.29 Å². The molecular weight excluding hydrogens is 538 g/mol. The SMILES string of the molecule is CCO/N=C(/C(=O)NC1C(=O)N2C(C(=O)OC(C)OC(=O)C(C)(C)C)=C(COC)CS[C@H]12)c1csc(N)n1. The van der Waals surface area contributed by atoms with Gasteiger partial charge < -0.3 is 30.1 Å². The molecule has 0 saturated carbocycles. The van der Waals surface area contributed by atoms with E-state index in [0.717, 1.165) is 11.3 Å². The molecule has 2 unspecified atom stereocenters. The lowest BCUT2D eigenvalue weighted by Gasteiger charge is -2.49. The number of oxime groups is 1. The summed E-state index contributed by atoms with van der Waals surface area (Å²) in [5.41, 5.74) is 5.51. The maximum Gasteiger partial charge on any atom is 0.358 e. The Bertz CT molecular complexity index is 1160. The standard InChI is InChI=1S/C23H31N5O8S2/c1-7-34-27-14(13-10-38-22(24)25-13)17(29)26-15-18(30)28-16(12(8-33-6)9-37-19(15)28)20(31)35-11(2)36-21(32)23(3,4)5/h10-11,15,19H,7-9H2,1-6H3,(H2,24,25)(H,26,29)/b27-14+/t11?,15?,19-/m1/s1. The predicted octanol–water partition coefficient (Wildman–Crippen LogP) is 1.24. The molecule has 38 heavy (non-hydrogen) atoms. The van der Waals surface area contributed by atoms with Crippen molar-refractivity contribution in [3.05, 3.63) is 22.3 Å². The Kier molecular flexibility index (Phi) is 9.38. The molecule has 1 aromatic heterocycles. The summed E-state index contributed by atoms with van der Waals surface area (Å²) in [7, 11) is 1.46. The van der Waals surface area contributed by atoms with Crippen molar-refractivity contribution < 1.29 is 38.2 Å². The van der Waals surface area contributed by atoms with Crippen LogP contribution in [0.25, 0.3) is 0 Å².